The molecular formula is C29H30N6O3S. The summed E-state index contributed by atoms with van der Waals surface area (Å²) in [5.41, 5.74) is 4.08. The van der Waals surface area contributed by atoms with Crippen LogP contribution in [-0.4, -0.2) is 57.9 Å². The Hall–Kier alpha value is -4.02. The fourth-order valence-electron chi connectivity index (χ4n) is 5.23. The zero-order valence-corrected chi connectivity index (χ0v) is 23.2. The first-order valence-electron chi connectivity index (χ1n) is 12.9. The Balaban J connectivity index is 1.53. The quantitative estimate of drug-likeness (QED) is 0.318. The van der Waals surface area contributed by atoms with Gasteiger partial charge in [-0.3, -0.25) is 4.57 Å². The summed E-state index contributed by atoms with van der Waals surface area (Å²) < 4.78 is 36.1. The van der Waals surface area contributed by atoms with Gasteiger partial charge in [0.25, 0.3) is 10.0 Å². The summed E-state index contributed by atoms with van der Waals surface area (Å²) in [6, 6.07) is 18.7. The maximum absolute atomic E-state index is 13.6. The third-order valence-electron chi connectivity index (χ3n) is 7.25. The van der Waals surface area contributed by atoms with Crippen LogP contribution in [0, 0.1) is 20.8 Å². The Kier molecular flexibility index (Phi) is 6.23. The van der Waals surface area contributed by atoms with Crippen molar-refractivity contribution in [2.45, 2.75) is 38.6 Å². The topological polar surface area (TPSA) is 95.1 Å². The smallest absolute Gasteiger partial charge is 0.268 e. The Morgan fingerprint density at radius 1 is 0.949 bits per heavy atom. The molecule has 0 radical (unpaired) electrons. The molecule has 10 heteroatoms. The normalized spacial score (nSPS) is 16.2. The number of nitrogens with zero attached hydrogens (tertiary/aromatic N) is 6. The molecule has 0 amide bonds. The molecule has 5 aromatic rings. The van der Waals surface area contributed by atoms with Gasteiger partial charge in [0, 0.05) is 29.8 Å². The van der Waals surface area contributed by atoms with E-state index in [1.807, 2.05) is 67.8 Å². The minimum Gasteiger partial charge on any atom is -0.377 e. The second-order valence-electron chi connectivity index (χ2n) is 9.98. The second kappa shape index (κ2) is 9.62. The van der Waals surface area contributed by atoms with Crippen molar-refractivity contribution >= 4 is 26.7 Å². The fourth-order valence-corrected chi connectivity index (χ4v) is 6.57. The predicted molar refractivity (Wildman–Crippen MR) is 151 cm³/mol. The highest BCUT2D eigenvalue weighted by molar-refractivity contribution is 7.90. The van der Waals surface area contributed by atoms with E-state index >= 15 is 0 Å². The number of pyridine rings is 1. The zero-order chi connectivity index (χ0) is 27.3. The van der Waals surface area contributed by atoms with Crippen molar-refractivity contribution < 1.29 is 13.2 Å². The van der Waals surface area contributed by atoms with Crippen LogP contribution in [0.2, 0.25) is 0 Å². The lowest BCUT2D eigenvalue weighted by Gasteiger charge is -2.34. The van der Waals surface area contributed by atoms with Gasteiger partial charge in [-0.2, -0.15) is 0 Å². The average molecular weight is 543 g/mol. The van der Waals surface area contributed by atoms with Gasteiger partial charge in [0.15, 0.2) is 0 Å². The standard InChI is InChI=1S/C29H30N6O3S/c1-19-8-10-24(11-9-19)39(36,37)34-13-12-26-25(6-5-7-28(26)34)27-16-23(35-21(3)31-32-22(35)4)17-29(30-27)33-14-15-38-18-20(33)2/h5-13,16-17,20H,14-15,18H2,1-4H3/t20-/m1/s1. The summed E-state index contributed by atoms with van der Waals surface area (Å²) in [7, 11) is -3.77. The molecule has 39 heavy (non-hydrogen) atoms. The lowest BCUT2D eigenvalue weighted by molar-refractivity contribution is 0.0985. The summed E-state index contributed by atoms with van der Waals surface area (Å²) in [5, 5.41) is 9.31. The van der Waals surface area contributed by atoms with Gasteiger partial charge in [-0.25, -0.2) is 17.4 Å². The third kappa shape index (κ3) is 4.39. The summed E-state index contributed by atoms with van der Waals surface area (Å²) >= 11 is 0. The van der Waals surface area contributed by atoms with Gasteiger partial charge in [-0.05, 0) is 58.0 Å². The monoisotopic (exact) mass is 542 g/mol. The summed E-state index contributed by atoms with van der Waals surface area (Å²) in [6.07, 6.45) is 1.62. The molecular weight excluding hydrogens is 512 g/mol. The van der Waals surface area contributed by atoms with Crippen molar-refractivity contribution in [1.29, 1.82) is 0 Å². The molecule has 6 rings (SSSR count). The lowest BCUT2D eigenvalue weighted by Crippen LogP contribution is -2.44. The number of anilines is 1. The van der Waals surface area contributed by atoms with E-state index in [0.717, 1.165) is 51.9 Å². The molecule has 0 saturated carbocycles. The van der Waals surface area contributed by atoms with Gasteiger partial charge < -0.3 is 9.64 Å². The van der Waals surface area contributed by atoms with Crippen LogP contribution in [0.5, 0.6) is 0 Å². The highest BCUT2D eigenvalue weighted by Gasteiger charge is 2.24. The number of morpholine rings is 1. The molecule has 1 saturated heterocycles. The first-order chi connectivity index (χ1) is 18.7. The predicted octanol–water partition coefficient (Wildman–Crippen LogP) is 4.67. The van der Waals surface area contributed by atoms with Crippen molar-refractivity contribution in [1.82, 2.24) is 23.7 Å². The molecule has 2 aromatic carbocycles. The van der Waals surface area contributed by atoms with Crippen molar-refractivity contribution in [3.63, 3.8) is 0 Å². The van der Waals surface area contributed by atoms with E-state index in [2.05, 4.69) is 28.1 Å². The molecule has 3 aromatic heterocycles. The first kappa shape index (κ1) is 25.3. The van der Waals surface area contributed by atoms with E-state index in [-0.39, 0.29) is 10.9 Å². The van der Waals surface area contributed by atoms with Crippen molar-refractivity contribution in [2.75, 3.05) is 24.7 Å². The van der Waals surface area contributed by atoms with Crippen LogP contribution in [0.4, 0.5) is 5.82 Å². The molecule has 1 fully saturated rings. The van der Waals surface area contributed by atoms with Crippen LogP contribution in [0.1, 0.15) is 24.1 Å². The van der Waals surface area contributed by atoms with Gasteiger partial charge in [-0.1, -0.05) is 29.8 Å². The van der Waals surface area contributed by atoms with E-state index in [1.54, 1.807) is 18.3 Å². The van der Waals surface area contributed by atoms with E-state index < -0.39 is 10.0 Å². The molecule has 0 bridgehead atoms. The number of aryl methyl sites for hydroxylation is 3. The van der Waals surface area contributed by atoms with Gasteiger partial charge in [0.1, 0.15) is 17.5 Å². The Bertz CT molecular complexity index is 1770. The molecule has 0 N–H and O–H groups in total. The molecule has 0 unspecified atom stereocenters. The number of fused-ring (bicyclic) bond motifs is 1. The maximum Gasteiger partial charge on any atom is 0.268 e. The third-order valence-corrected chi connectivity index (χ3v) is 8.96. The highest BCUT2D eigenvalue weighted by atomic mass is 32.2. The Morgan fingerprint density at radius 3 is 2.41 bits per heavy atom. The van der Waals surface area contributed by atoms with Gasteiger partial charge in [-0.15, -0.1) is 10.2 Å². The van der Waals surface area contributed by atoms with Crippen LogP contribution < -0.4 is 4.90 Å². The van der Waals surface area contributed by atoms with Gasteiger partial charge in [0.2, 0.25) is 0 Å². The summed E-state index contributed by atoms with van der Waals surface area (Å²) in [6.45, 7) is 9.89. The number of hydrogen-bond acceptors (Lipinski definition) is 7. The van der Waals surface area contributed by atoms with Gasteiger partial charge >= 0.3 is 0 Å². The highest BCUT2D eigenvalue weighted by Crippen LogP contribution is 2.34. The van der Waals surface area contributed by atoms with Crippen LogP contribution in [0.15, 0.2) is 71.8 Å². The number of benzene rings is 2. The van der Waals surface area contributed by atoms with Crippen LogP contribution in [-0.2, 0) is 14.8 Å². The maximum atomic E-state index is 13.6. The molecule has 4 heterocycles. The van der Waals surface area contributed by atoms with Crippen LogP contribution in [0.3, 0.4) is 0 Å². The molecule has 9 nitrogen and oxygen atoms in total. The Labute approximate surface area is 227 Å². The fraction of sp³-hybridized carbons (Fsp3) is 0.276. The minimum atomic E-state index is -3.77. The molecule has 200 valence electrons. The van der Waals surface area contributed by atoms with Crippen LogP contribution in [0.25, 0.3) is 27.8 Å². The average Bonchev–Trinajstić information content (AvgIpc) is 3.52. The number of ether oxygens (including phenoxy) is 1. The van der Waals surface area contributed by atoms with E-state index in [9.17, 15) is 8.42 Å². The first-order valence-corrected chi connectivity index (χ1v) is 14.4. The molecule has 0 spiro atoms. The van der Waals surface area contributed by atoms with Crippen molar-refractivity contribution in [3.05, 3.63) is 84.1 Å². The second-order valence-corrected chi connectivity index (χ2v) is 11.8. The van der Waals surface area contributed by atoms with E-state index in [0.29, 0.717) is 18.7 Å². The molecule has 0 aliphatic carbocycles. The number of hydrogen-bond donors (Lipinski definition) is 0. The van der Waals surface area contributed by atoms with Crippen molar-refractivity contribution in [2.24, 2.45) is 0 Å². The Morgan fingerprint density at radius 2 is 1.69 bits per heavy atom. The van der Waals surface area contributed by atoms with E-state index in [4.69, 9.17) is 9.72 Å². The van der Waals surface area contributed by atoms with Crippen LogP contribution >= 0.6 is 0 Å². The molecule has 1 aliphatic heterocycles. The number of rotatable bonds is 5. The molecule has 1 atom stereocenters. The van der Waals surface area contributed by atoms with Crippen molar-refractivity contribution in [3.8, 4) is 16.9 Å². The minimum absolute atomic E-state index is 0.161. The zero-order valence-electron chi connectivity index (χ0n) is 22.4. The molecule has 1 aliphatic rings. The lowest BCUT2D eigenvalue weighted by atomic mass is 10.1. The van der Waals surface area contributed by atoms with E-state index in [1.165, 1.54) is 3.97 Å². The number of aromatic nitrogens is 5. The summed E-state index contributed by atoms with van der Waals surface area (Å²) in [5.74, 6) is 2.38. The van der Waals surface area contributed by atoms with Gasteiger partial charge in [0.05, 0.1) is 41.0 Å². The SMILES string of the molecule is Cc1ccc(S(=O)(=O)n2ccc3c(-c4cc(-n5c(C)nnc5C)cc(N5CCOC[C@H]5C)n4)cccc32)cc1. The largest absolute Gasteiger partial charge is 0.377 e. The summed E-state index contributed by atoms with van der Waals surface area (Å²) in [4.78, 5) is 7.59.